The topological polar surface area (TPSA) is 103 Å². The van der Waals surface area contributed by atoms with Crippen molar-refractivity contribution in [3.63, 3.8) is 0 Å². The Hall–Kier alpha value is -2.78. The van der Waals surface area contributed by atoms with Gasteiger partial charge < -0.3 is 30.0 Å². The second-order valence-electron chi connectivity index (χ2n) is 9.71. The molecule has 0 amide bonds. The Labute approximate surface area is 210 Å². The maximum Gasteiger partial charge on any atom is 0.226 e. The van der Waals surface area contributed by atoms with Crippen LogP contribution in [-0.4, -0.2) is 58.9 Å². The number of piperidine rings is 1. The fourth-order valence-electron chi connectivity index (χ4n) is 5.58. The number of aryl methyl sites for hydroxylation is 1. The number of anilines is 2. The molecule has 9 nitrogen and oxygen atoms in total. The zero-order valence-electron chi connectivity index (χ0n) is 19.9. The first-order valence-electron chi connectivity index (χ1n) is 12.7. The van der Waals surface area contributed by atoms with Crippen LogP contribution in [0.2, 0.25) is 5.28 Å². The van der Waals surface area contributed by atoms with Crippen molar-refractivity contribution in [2.45, 2.75) is 45.1 Å². The van der Waals surface area contributed by atoms with Crippen molar-refractivity contribution in [2.75, 3.05) is 50.0 Å². The summed E-state index contributed by atoms with van der Waals surface area (Å²) in [6.45, 7) is 6.23. The molecule has 0 unspecified atom stereocenters. The fraction of sp³-hybridized carbons (Fsp3) is 0.560. The van der Waals surface area contributed by atoms with Gasteiger partial charge in [0.15, 0.2) is 28.5 Å². The summed E-state index contributed by atoms with van der Waals surface area (Å²) < 4.78 is 14.0. The van der Waals surface area contributed by atoms with E-state index in [2.05, 4.69) is 36.9 Å². The van der Waals surface area contributed by atoms with Crippen LogP contribution in [0.3, 0.4) is 0 Å². The molecule has 3 aliphatic rings. The highest BCUT2D eigenvalue weighted by Gasteiger charge is 2.24. The first-order valence-corrected chi connectivity index (χ1v) is 13.1. The average molecular weight is 498 g/mol. The Morgan fingerprint density at radius 3 is 2.54 bits per heavy atom. The molecule has 2 fully saturated rings. The number of hydrogen-bond donors (Lipinski definition) is 2. The smallest absolute Gasteiger partial charge is 0.226 e. The van der Waals surface area contributed by atoms with Crippen molar-refractivity contribution in [1.82, 2.24) is 24.8 Å². The van der Waals surface area contributed by atoms with Gasteiger partial charge in [-0.15, -0.1) is 0 Å². The lowest BCUT2D eigenvalue weighted by Crippen LogP contribution is -2.28. The molecule has 35 heavy (non-hydrogen) atoms. The number of benzene rings is 1. The van der Waals surface area contributed by atoms with Crippen molar-refractivity contribution in [2.24, 2.45) is 5.92 Å². The van der Waals surface area contributed by atoms with Crippen LogP contribution >= 0.6 is 11.6 Å². The summed E-state index contributed by atoms with van der Waals surface area (Å²) in [6.07, 6.45) is 6.51. The summed E-state index contributed by atoms with van der Waals surface area (Å²) in [5.41, 5.74) is 9.93. The van der Waals surface area contributed by atoms with E-state index in [0.29, 0.717) is 42.5 Å². The third-order valence-corrected chi connectivity index (χ3v) is 7.60. The van der Waals surface area contributed by atoms with Gasteiger partial charge in [-0.05, 0) is 74.3 Å². The SMILES string of the molecule is Nc1nc(Cl)nc2c1nc(Cc1cc3c(cc1N1CCCC1)OCCO3)n2CCC1CCNCC1. The van der Waals surface area contributed by atoms with Crippen molar-refractivity contribution in [3.8, 4) is 11.5 Å². The molecule has 3 aromatic rings. The Balaban J connectivity index is 1.39. The minimum Gasteiger partial charge on any atom is -0.486 e. The summed E-state index contributed by atoms with van der Waals surface area (Å²) in [5, 5.41) is 3.61. The molecule has 2 aromatic heterocycles. The molecule has 6 rings (SSSR count). The molecule has 5 heterocycles. The van der Waals surface area contributed by atoms with E-state index in [0.717, 1.165) is 56.5 Å². The van der Waals surface area contributed by atoms with E-state index in [9.17, 15) is 0 Å². The second-order valence-corrected chi connectivity index (χ2v) is 10.0. The van der Waals surface area contributed by atoms with Crippen LogP contribution < -0.4 is 25.4 Å². The van der Waals surface area contributed by atoms with E-state index >= 15 is 0 Å². The van der Waals surface area contributed by atoms with E-state index in [4.69, 9.17) is 31.8 Å². The van der Waals surface area contributed by atoms with Gasteiger partial charge in [-0.1, -0.05) is 0 Å². The Kier molecular flexibility index (Phi) is 6.28. The summed E-state index contributed by atoms with van der Waals surface area (Å²) in [6, 6.07) is 4.27. The molecule has 186 valence electrons. The van der Waals surface area contributed by atoms with Gasteiger partial charge in [0.25, 0.3) is 0 Å². The summed E-state index contributed by atoms with van der Waals surface area (Å²) >= 11 is 6.22. The van der Waals surface area contributed by atoms with Crippen molar-refractivity contribution in [1.29, 1.82) is 0 Å². The number of ether oxygens (including phenoxy) is 2. The van der Waals surface area contributed by atoms with Crippen LogP contribution in [0, 0.1) is 5.92 Å². The van der Waals surface area contributed by atoms with Gasteiger partial charge >= 0.3 is 0 Å². The van der Waals surface area contributed by atoms with Gasteiger partial charge in [-0.2, -0.15) is 9.97 Å². The highest BCUT2D eigenvalue weighted by atomic mass is 35.5. The van der Waals surface area contributed by atoms with Crippen molar-refractivity contribution >= 4 is 34.3 Å². The number of rotatable bonds is 6. The van der Waals surface area contributed by atoms with Gasteiger partial charge in [0.1, 0.15) is 19.0 Å². The number of nitrogens with one attached hydrogen (secondary N) is 1. The maximum atomic E-state index is 6.23. The van der Waals surface area contributed by atoms with Crippen LogP contribution in [0.25, 0.3) is 11.2 Å². The molecule has 3 aliphatic heterocycles. The van der Waals surface area contributed by atoms with Crippen LogP contribution in [-0.2, 0) is 13.0 Å². The summed E-state index contributed by atoms with van der Waals surface area (Å²) in [7, 11) is 0. The predicted octanol–water partition coefficient (Wildman–Crippen LogP) is 3.41. The van der Waals surface area contributed by atoms with Crippen LogP contribution in [0.4, 0.5) is 11.5 Å². The monoisotopic (exact) mass is 497 g/mol. The second kappa shape index (κ2) is 9.70. The number of halogens is 1. The number of nitrogen functional groups attached to an aromatic ring is 1. The minimum absolute atomic E-state index is 0.154. The highest BCUT2D eigenvalue weighted by Crippen LogP contribution is 2.39. The fourth-order valence-corrected chi connectivity index (χ4v) is 5.75. The standard InChI is InChI=1S/C25H32ClN7O2/c26-25-30-23(27)22-24(31-25)33(10-5-16-3-6-28-7-4-16)21(29-22)14-17-13-19-20(35-12-11-34-19)15-18(17)32-8-1-2-9-32/h13,15-16,28H,1-12,14H2,(H2,27,30,31). The van der Waals surface area contributed by atoms with Gasteiger partial charge in [-0.3, -0.25) is 0 Å². The predicted molar refractivity (Wildman–Crippen MR) is 137 cm³/mol. The number of fused-ring (bicyclic) bond motifs is 2. The molecule has 10 heteroatoms. The lowest BCUT2D eigenvalue weighted by Gasteiger charge is -2.26. The molecule has 3 N–H and O–H groups in total. The molecule has 2 saturated heterocycles. The van der Waals surface area contributed by atoms with Crippen LogP contribution in [0.1, 0.15) is 43.5 Å². The number of imidazole rings is 1. The quantitative estimate of drug-likeness (QED) is 0.499. The lowest BCUT2D eigenvalue weighted by molar-refractivity contribution is 0.171. The molecule has 0 radical (unpaired) electrons. The Bertz CT molecular complexity index is 1220. The summed E-state index contributed by atoms with van der Waals surface area (Å²) in [4.78, 5) is 16.1. The number of nitrogens with zero attached hydrogens (tertiary/aromatic N) is 5. The molecule has 0 aliphatic carbocycles. The molecule has 1 aromatic carbocycles. The first-order chi connectivity index (χ1) is 17.2. The summed E-state index contributed by atoms with van der Waals surface area (Å²) in [5.74, 6) is 3.56. The zero-order valence-corrected chi connectivity index (χ0v) is 20.7. The van der Waals surface area contributed by atoms with E-state index in [1.807, 2.05) is 0 Å². The molecular weight excluding hydrogens is 466 g/mol. The largest absolute Gasteiger partial charge is 0.486 e. The molecular formula is C25H32ClN7O2. The lowest BCUT2D eigenvalue weighted by atomic mass is 9.94. The van der Waals surface area contributed by atoms with E-state index < -0.39 is 0 Å². The van der Waals surface area contributed by atoms with E-state index in [1.165, 1.54) is 36.9 Å². The molecule has 0 saturated carbocycles. The molecule has 0 atom stereocenters. The Morgan fingerprint density at radius 1 is 1.03 bits per heavy atom. The first kappa shape index (κ1) is 22.7. The highest BCUT2D eigenvalue weighted by molar-refractivity contribution is 6.28. The maximum absolute atomic E-state index is 6.23. The van der Waals surface area contributed by atoms with Gasteiger partial charge in [0.05, 0.1) is 0 Å². The molecule has 0 spiro atoms. The van der Waals surface area contributed by atoms with Crippen molar-refractivity contribution in [3.05, 3.63) is 28.8 Å². The number of aromatic nitrogens is 4. The van der Waals surface area contributed by atoms with Gasteiger partial charge in [0.2, 0.25) is 5.28 Å². The molecule has 0 bridgehead atoms. The van der Waals surface area contributed by atoms with Crippen LogP contribution in [0.5, 0.6) is 11.5 Å². The minimum atomic E-state index is 0.154. The third kappa shape index (κ3) is 4.59. The van der Waals surface area contributed by atoms with Gasteiger partial charge in [0, 0.05) is 37.8 Å². The van der Waals surface area contributed by atoms with E-state index in [-0.39, 0.29) is 5.28 Å². The zero-order chi connectivity index (χ0) is 23.8. The average Bonchev–Trinajstić information content (AvgIpc) is 3.52. The van der Waals surface area contributed by atoms with E-state index in [1.54, 1.807) is 0 Å². The normalized spacial score (nSPS) is 18.5. The van der Waals surface area contributed by atoms with Crippen LogP contribution in [0.15, 0.2) is 12.1 Å². The third-order valence-electron chi connectivity index (χ3n) is 7.43. The van der Waals surface area contributed by atoms with Gasteiger partial charge in [-0.25, -0.2) is 4.98 Å². The number of nitrogens with two attached hydrogens (primary N) is 1. The number of hydrogen-bond acceptors (Lipinski definition) is 8. The Morgan fingerprint density at radius 2 is 1.77 bits per heavy atom. The van der Waals surface area contributed by atoms with Crippen molar-refractivity contribution < 1.29 is 9.47 Å².